The van der Waals surface area contributed by atoms with E-state index in [2.05, 4.69) is 0 Å². The molecule has 10 heteroatoms. The first kappa shape index (κ1) is 20.8. The summed E-state index contributed by atoms with van der Waals surface area (Å²) in [5.41, 5.74) is -0.924. The lowest BCUT2D eigenvalue weighted by Gasteiger charge is -2.29. The van der Waals surface area contributed by atoms with E-state index in [0.29, 0.717) is 5.56 Å². The number of nitro benzene ring substituents is 1. The van der Waals surface area contributed by atoms with Crippen molar-refractivity contribution in [3.05, 3.63) is 68.2 Å². The first-order chi connectivity index (χ1) is 13.5. The van der Waals surface area contributed by atoms with E-state index in [0.717, 1.165) is 9.80 Å². The Morgan fingerprint density at radius 3 is 2.14 bits per heavy atom. The van der Waals surface area contributed by atoms with E-state index >= 15 is 0 Å². The van der Waals surface area contributed by atoms with Gasteiger partial charge in [0.25, 0.3) is 11.6 Å². The lowest BCUT2D eigenvalue weighted by molar-refractivity contribution is -0.384. The molecule has 1 saturated heterocycles. The predicted molar refractivity (Wildman–Crippen MR) is 107 cm³/mol. The van der Waals surface area contributed by atoms with Crippen molar-refractivity contribution < 1.29 is 19.3 Å². The van der Waals surface area contributed by atoms with Crippen LogP contribution in [0, 0.1) is 10.1 Å². The molecule has 1 aliphatic heterocycles. The molecule has 150 valence electrons. The van der Waals surface area contributed by atoms with Gasteiger partial charge in [-0.1, -0.05) is 35.3 Å². The van der Waals surface area contributed by atoms with Crippen molar-refractivity contribution in [2.24, 2.45) is 0 Å². The van der Waals surface area contributed by atoms with Crippen LogP contribution in [0.4, 0.5) is 16.2 Å². The maximum Gasteiger partial charge on any atom is 0.339 e. The summed E-state index contributed by atoms with van der Waals surface area (Å²) in [6.45, 7) is 2.66. The minimum absolute atomic E-state index is 0.0139. The van der Waals surface area contributed by atoms with Crippen molar-refractivity contribution >= 4 is 52.4 Å². The monoisotopic (exact) mass is 435 g/mol. The highest BCUT2D eigenvalue weighted by Gasteiger charge is 2.56. The van der Waals surface area contributed by atoms with Crippen LogP contribution in [0.5, 0.6) is 0 Å². The second-order valence-electron chi connectivity index (χ2n) is 6.78. The second kappa shape index (κ2) is 7.46. The number of carbonyl (C=O) groups is 3. The normalized spacial score (nSPS) is 19.0. The number of hydrogen-bond acceptors (Lipinski definition) is 5. The van der Waals surface area contributed by atoms with Gasteiger partial charge in [0.2, 0.25) is 5.91 Å². The predicted octanol–water partition coefficient (Wildman–Crippen LogP) is 4.22. The summed E-state index contributed by atoms with van der Waals surface area (Å²) < 4.78 is 0. The number of imide groups is 2. The number of hydrogen-bond donors (Lipinski definition) is 0. The van der Waals surface area contributed by atoms with Gasteiger partial charge in [-0.05, 0) is 30.7 Å². The van der Waals surface area contributed by atoms with Gasteiger partial charge < -0.3 is 0 Å². The molecule has 0 radical (unpaired) electrons. The lowest BCUT2D eigenvalue weighted by atomic mass is 9.91. The van der Waals surface area contributed by atoms with Crippen molar-refractivity contribution in [3.8, 4) is 0 Å². The molecular weight excluding hydrogens is 421 g/mol. The zero-order valence-electron chi connectivity index (χ0n) is 15.4. The lowest BCUT2D eigenvalue weighted by Crippen LogP contribution is -2.51. The number of urea groups is 1. The van der Waals surface area contributed by atoms with Crippen LogP contribution in [0.3, 0.4) is 0 Å². The molecule has 1 atom stereocenters. The molecule has 0 aliphatic carbocycles. The third-order valence-electron chi connectivity index (χ3n) is 4.66. The molecule has 0 saturated carbocycles. The van der Waals surface area contributed by atoms with E-state index < -0.39 is 28.3 Å². The van der Waals surface area contributed by atoms with Gasteiger partial charge in [-0.15, -0.1) is 0 Å². The Bertz CT molecular complexity index is 1020. The average Bonchev–Trinajstić information content (AvgIpc) is 2.80. The van der Waals surface area contributed by atoms with Crippen LogP contribution in [0.25, 0.3) is 0 Å². The number of nitrogens with zero attached hydrogens (tertiary/aromatic N) is 3. The zero-order valence-corrected chi connectivity index (χ0v) is 16.9. The molecule has 0 aromatic heterocycles. The van der Waals surface area contributed by atoms with Gasteiger partial charge in [0.15, 0.2) is 0 Å². The Balaban J connectivity index is 2.03. The average molecular weight is 436 g/mol. The van der Waals surface area contributed by atoms with Gasteiger partial charge in [-0.2, -0.15) is 0 Å². The molecule has 2 aromatic carbocycles. The minimum atomic E-state index is -1.52. The fourth-order valence-electron chi connectivity index (χ4n) is 3.40. The van der Waals surface area contributed by atoms with Gasteiger partial charge in [-0.25, -0.2) is 14.6 Å². The molecule has 29 heavy (non-hydrogen) atoms. The SMILES string of the molecule is CC(=O)N1C(=O)N(c2cc(Cl)cc(Cl)c2)C(=O)[C@@]1(C)Cc1ccc([N+](=O)[O-])cc1. The van der Waals surface area contributed by atoms with Crippen molar-refractivity contribution in [3.63, 3.8) is 0 Å². The van der Waals surface area contributed by atoms with Gasteiger partial charge in [-0.3, -0.25) is 19.7 Å². The van der Waals surface area contributed by atoms with E-state index in [1.54, 1.807) is 0 Å². The summed E-state index contributed by atoms with van der Waals surface area (Å²) in [4.78, 5) is 50.5. The van der Waals surface area contributed by atoms with Gasteiger partial charge in [0.05, 0.1) is 10.6 Å². The minimum Gasteiger partial charge on any atom is -0.275 e. The van der Waals surface area contributed by atoms with Crippen LogP contribution in [0.15, 0.2) is 42.5 Å². The quantitative estimate of drug-likeness (QED) is 0.406. The number of non-ortho nitro benzene ring substituents is 1. The molecule has 1 fully saturated rings. The molecule has 1 heterocycles. The number of rotatable bonds is 4. The van der Waals surface area contributed by atoms with Crippen LogP contribution in [0.1, 0.15) is 19.4 Å². The summed E-state index contributed by atoms with van der Waals surface area (Å²) in [6.07, 6.45) is -0.0139. The Morgan fingerprint density at radius 2 is 1.66 bits per heavy atom. The molecule has 4 amide bonds. The summed E-state index contributed by atoms with van der Waals surface area (Å²) >= 11 is 12.0. The largest absolute Gasteiger partial charge is 0.339 e. The Hall–Kier alpha value is -2.97. The van der Waals surface area contributed by atoms with E-state index in [4.69, 9.17) is 23.2 Å². The van der Waals surface area contributed by atoms with Crippen LogP contribution in [-0.4, -0.2) is 33.2 Å². The van der Waals surface area contributed by atoms with Crippen molar-refractivity contribution in [2.75, 3.05) is 4.90 Å². The highest BCUT2D eigenvalue weighted by Crippen LogP contribution is 2.37. The Morgan fingerprint density at radius 1 is 1.10 bits per heavy atom. The van der Waals surface area contributed by atoms with Crippen molar-refractivity contribution in [2.45, 2.75) is 25.8 Å². The molecule has 3 rings (SSSR count). The fraction of sp³-hybridized carbons (Fsp3) is 0.211. The fourth-order valence-corrected chi connectivity index (χ4v) is 3.91. The second-order valence-corrected chi connectivity index (χ2v) is 7.65. The smallest absolute Gasteiger partial charge is 0.275 e. The molecule has 0 spiro atoms. The Kier molecular flexibility index (Phi) is 5.34. The first-order valence-electron chi connectivity index (χ1n) is 8.43. The van der Waals surface area contributed by atoms with Gasteiger partial charge in [0, 0.05) is 35.5 Å². The van der Waals surface area contributed by atoms with E-state index in [9.17, 15) is 24.5 Å². The van der Waals surface area contributed by atoms with Crippen LogP contribution in [-0.2, 0) is 16.0 Å². The zero-order chi connectivity index (χ0) is 21.5. The number of carbonyl (C=O) groups excluding carboxylic acids is 3. The molecule has 2 aromatic rings. The third kappa shape index (κ3) is 3.68. The summed E-state index contributed by atoms with van der Waals surface area (Å²) in [6, 6.07) is 9.01. The number of anilines is 1. The molecule has 8 nitrogen and oxygen atoms in total. The van der Waals surface area contributed by atoms with Gasteiger partial charge in [0.1, 0.15) is 5.54 Å². The number of nitro groups is 1. The Labute approximate surface area is 175 Å². The molecular formula is C19H15Cl2N3O5. The highest BCUT2D eigenvalue weighted by molar-refractivity contribution is 6.36. The van der Waals surface area contributed by atoms with Gasteiger partial charge >= 0.3 is 6.03 Å². The standard InChI is InChI=1S/C19H15Cl2N3O5/c1-11(25)23-18(27)22(16-8-13(20)7-14(21)9-16)17(26)19(23,2)10-12-3-5-15(6-4-12)24(28)29/h3-9H,10H2,1-2H3/t19-/m1/s1. The summed E-state index contributed by atoms with van der Waals surface area (Å²) in [5, 5.41) is 11.3. The third-order valence-corrected chi connectivity index (χ3v) is 5.09. The van der Waals surface area contributed by atoms with Crippen LogP contribution >= 0.6 is 23.2 Å². The highest BCUT2D eigenvalue weighted by atomic mass is 35.5. The van der Waals surface area contributed by atoms with E-state index in [-0.39, 0.29) is 27.8 Å². The van der Waals surface area contributed by atoms with Crippen LogP contribution < -0.4 is 4.90 Å². The summed E-state index contributed by atoms with van der Waals surface area (Å²) in [5.74, 6) is -1.24. The molecule has 0 unspecified atom stereocenters. The first-order valence-corrected chi connectivity index (χ1v) is 9.19. The number of benzene rings is 2. The van der Waals surface area contributed by atoms with E-state index in [1.165, 1.54) is 56.3 Å². The molecule has 1 aliphatic rings. The van der Waals surface area contributed by atoms with E-state index in [1.807, 2.05) is 0 Å². The van der Waals surface area contributed by atoms with Crippen molar-refractivity contribution in [1.82, 2.24) is 4.90 Å². The summed E-state index contributed by atoms with van der Waals surface area (Å²) in [7, 11) is 0. The molecule has 0 N–H and O–H groups in total. The van der Waals surface area contributed by atoms with Crippen LogP contribution in [0.2, 0.25) is 10.0 Å². The number of amides is 4. The van der Waals surface area contributed by atoms with Crippen molar-refractivity contribution in [1.29, 1.82) is 0 Å². The molecule has 0 bridgehead atoms. The maximum atomic E-state index is 13.3. The number of halogens is 2. The topological polar surface area (TPSA) is 101 Å². The maximum absolute atomic E-state index is 13.3.